The van der Waals surface area contributed by atoms with E-state index in [1.807, 2.05) is 0 Å². The van der Waals surface area contributed by atoms with Gasteiger partial charge in [0.15, 0.2) is 0 Å². The highest BCUT2D eigenvalue weighted by atomic mass is 32.2. The summed E-state index contributed by atoms with van der Waals surface area (Å²) >= 11 is 0. The third kappa shape index (κ3) is 9.48. The Morgan fingerprint density at radius 2 is 1.00 bits per heavy atom. The molecule has 0 saturated heterocycles. The molecule has 0 aromatic rings. The summed E-state index contributed by atoms with van der Waals surface area (Å²) in [6, 6.07) is 0. The van der Waals surface area contributed by atoms with E-state index in [9.17, 15) is 16.8 Å². The fourth-order valence-electron chi connectivity index (χ4n) is 1.07. The summed E-state index contributed by atoms with van der Waals surface area (Å²) in [6.45, 7) is 6.29. The van der Waals surface area contributed by atoms with Crippen molar-refractivity contribution in [3.63, 3.8) is 0 Å². The highest BCUT2D eigenvalue weighted by molar-refractivity contribution is 7.88. The van der Waals surface area contributed by atoms with Crippen molar-refractivity contribution >= 4 is 29.3 Å². The molecule has 0 bridgehead atoms. The van der Waals surface area contributed by atoms with Crippen molar-refractivity contribution in [2.24, 2.45) is 0 Å². The molecule has 19 heavy (non-hydrogen) atoms. The third-order valence-electron chi connectivity index (χ3n) is 1.27. The Kier molecular flexibility index (Phi) is 6.59. The summed E-state index contributed by atoms with van der Waals surface area (Å²) in [5, 5.41) is 0. The van der Waals surface area contributed by atoms with Crippen LogP contribution < -0.4 is 0 Å². The molecule has 0 aliphatic rings. The molecular weight excluding hydrogens is 316 g/mol. The Morgan fingerprint density at radius 1 is 0.737 bits per heavy atom. The van der Waals surface area contributed by atoms with Gasteiger partial charge < -0.3 is 8.85 Å². The largest absolute Gasteiger partial charge is 0.710 e. The summed E-state index contributed by atoms with van der Waals surface area (Å²) in [7, 11) is -12.4. The van der Waals surface area contributed by atoms with Crippen molar-refractivity contribution in [2.75, 3.05) is 12.5 Å². The van der Waals surface area contributed by atoms with E-state index in [0.717, 1.165) is 12.5 Å². The fourth-order valence-corrected chi connectivity index (χ4v) is 6.23. The summed E-state index contributed by atoms with van der Waals surface area (Å²) in [5.41, 5.74) is 0. The van der Waals surface area contributed by atoms with Crippen LogP contribution in [0.25, 0.3) is 0 Å². The molecule has 0 heterocycles. The highest BCUT2D eigenvalue weighted by Crippen LogP contribution is 2.21. The van der Waals surface area contributed by atoms with Crippen LogP contribution in [0.4, 0.5) is 0 Å². The van der Waals surface area contributed by atoms with Gasteiger partial charge in [-0.25, -0.2) is 24.6 Å². The van der Waals surface area contributed by atoms with Gasteiger partial charge in [0, 0.05) is 12.2 Å². The molecule has 0 N–H and O–H groups in total. The van der Waals surface area contributed by atoms with E-state index in [4.69, 9.17) is 8.85 Å². The molecule has 0 radical (unpaired) electrons. The lowest BCUT2D eigenvalue weighted by molar-refractivity contribution is 0.00531. The van der Waals surface area contributed by atoms with E-state index < -0.39 is 41.5 Å². The van der Waals surface area contributed by atoms with Crippen molar-refractivity contribution in [1.82, 2.24) is 0 Å². The smallest absolute Gasteiger partial charge is 0.348 e. The minimum atomic E-state index is -4.37. The van der Waals surface area contributed by atoms with Gasteiger partial charge in [0.05, 0.1) is 12.5 Å². The first-order valence-corrected chi connectivity index (χ1v) is 10.7. The molecule has 0 aliphatic heterocycles. The topological polar surface area (TPSA) is 105 Å². The van der Waals surface area contributed by atoms with Crippen LogP contribution in [-0.4, -0.2) is 50.6 Å². The first-order chi connectivity index (χ1) is 8.25. The van der Waals surface area contributed by atoms with Crippen molar-refractivity contribution < 1.29 is 33.4 Å². The van der Waals surface area contributed by atoms with Gasteiger partial charge in [0.2, 0.25) is 0 Å². The first-order valence-electron chi connectivity index (χ1n) is 5.41. The van der Waals surface area contributed by atoms with E-state index in [2.05, 4.69) is 7.74 Å². The van der Waals surface area contributed by atoms with Gasteiger partial charge >= 0.3 is 9.05 Å². The van der Waals surface area contributed by atoms with Gasteiger partial charge in [-0.05, 0) is 27.7 Å². The number of hydrogen-bond acceptors (Lipinski definition) is 8. The van der Waals surface area contributed by atoms with Crippen LogP contribution in [0.2, 0.25) is 0 Å². The molecule has 0 saturated carbocycles. The maximum Gasteiger partial charge on any atom is 0.710 e. The lowest BCUT2D eigenvalue weighted by Crippen LogP contribution is -2.54. The van der Waals surface area contributed by atoms with E-state index in [-0.39, 0.29) is 0 Å². The quantitative estimate of drug-likeness (QED) is 0.580. The van der Waals surface area contributed by atoms with Crippen molar-refractivity contribution in [3.8, 4) is 0 Å². The molecule has 11 heteroatoms. The average molecular weight is 336 g/mol. The normalized spacial score (nSPS) is 14.3. The van der Waals surface area contributed by atoms with E-state index in [1.165, 1.54) is 0 Å². The van der Waals surface area contributed by atoms with Crippen molar-refractivity contribution in [2.45, 2.75) is 39.9 Å². The fraction of sp³-hybridized carbons (Fsp3) is 1.00. The zero-order valence-corrected chi connectivity index (χ0v) is 14.4. The molecule has 0 fully saturated rings. The molecular formula is C8H20O8S2Si. The molecule has 116 valence electrons. The van der Waals surface area contributed by atoms with E-state index in [1.54, 1.807) is 27.7 Å². The molecule has 0 spiro atoms. The monoisotopic (exact) mass is 336 g/mol. The Morgan fingerprint density at radius 3 is 1.16 bits per heavy atom. The van der Waals surface area contributed by atoms with Gasteiger partial charge in [-0.3, -0.25) is 0 Å². The third-order valence-corrected chi connectivity index (χ3v) is 6.84. The second-order valence-corrected chi connectivity index (χ2v) is 10.0. The van der Waals surface area contributed by atoms with Crippen LogP contribution >= 0.6 is 0 Å². The second-order valence-electron chi connectivity index (χ2n) is 4.41. The zero-order valence-electron chi connectivity index (χ0n) is 11.7. The standard InChI is InChI=1S/C8H20O8S2Si/c1-7(2)13-19(14-8(3)4,15-17(5,9)10)16-18(6,11)12/h7-8H,1-6H3. The molecule has 8 nitrogen and oxygen atoms in total. The Bertz CT molecular complexity index is 435. The predicted molar refractivity (Wildman–Crippen MR) is 70.1 cm³/mol. The van der Waals surface area contributed by atoms with Crippen molar-refractivity contribution in [3.05, 3.63) is 0 Å². The number of rotatable bonds is 8. The Balaban J connectivity index is 5.56. The van der Waals surface area contributed by atoms with Gasteiger partial charge in [0.1, 0.15) is 0 Å². The van der Waals surface area contributed by atoms with Gasteiger partial charge in [-0.1, -0.05) is 0 Å². The van der Waals surface area contributed by atoms with Crippen LogP contribution in [0.1, 0.15) is 27.7 Å². The van der Waals surface area contributed by atoms with Crippen molar-refractivity contribution in [1.29, 1.82) is 0 Å². The minimum Gasteiger partial charge on any atom is -0.348 e. The highest BCUT2D eigenvalue weighted by Gasteiger charge is 2.54. The van der Waals surface area contributed by atoms with E-state index in [0.29, 0.717) is 0 Å². The van der Waals surface area contributed by atoms with Crippen LogP contribution in [0, 0.1) is 0 Å². The van der Waals surface area contributed by atoms with Crippen LogP contribution in [-0.2, 0) is 36.8 Å². The zero-order chi connectivity index (χ0) is 15.5. The lowest BCUT2D eigenvalue weighted by Gasteiger charge is -2.28. The second kappa shape index (κ2) is 6.61. The molecule has 0 rings (SSSR count). The van der Waals surface area contributed by atoms with Gasteiger partial charge in [-0.15, -0.1) is 0 Å². The molecule has 0 aromatic carbocycles. The Hall–Kier alpha value is -0.0431. The van der Waals surface area contributed by atoms with Gasteiger partial charge in [0.25, 0.3) is 20.2 Å². The predicted octanol–water partition coefficient (Wildman–Crippen LogP) is 0.224. The van der Waals surface area contributed by atoms with Crippen LogP contribution in [0.15, 0.2) is 0 Å². The lowest BCUT2D eigenvalue weighted by atomic mass is 10.5. The minimum absolute atomic E-state index is 0.547. The average Bonchev–Trinajstić information content (AvgIpc) is 1.89. The van der Waals surface area contributed by atoms with Gasteiger partial charge in [-0.2, -0.15) is 0 Å². The maximum absolute atomic E-state index is 11.3. The Labute approximate surface area is 115 Å². The molecule has 0 amide bonds. The SMILES string of the molecule is CC(C)O[Si](OC(C)C)(OS(C)(=O)=O)OS(C)(=O)=O. The summed E-state index contributed by atoms with van der Waals surface area (Å²) < 4.78 is 64.9. The molecule has 0 atom stereocenters. The summed E-state index contributed by atoms with van der Waals surface area (Å²) in [5.74, 6) is 0. The molecule has 0 aliphatic carbocycles. The number of hydrogen-bond donors (Lipinski definition) is 0. The first kappa shape index (κ1) is 19.0. The molecule has 0 unspecified atom stereocenters. The van der Waals surface area contributed by atoms with Crippen LogP contribution in [0.5, 0.6) is 0 Å². The van der Waals surface area contributed by atoms with E-state index >= 15 is 0 Å². The maximum atomic E-state index is 11.3. The summed E-state index contributed by atoms with van der Waals surface area (Å²) in [6.07, 6.45) is 0.421. The van der Waals surface area contributed by atoms with Crippen LogP contribution in [0.3, 0.4) is 0 Å². The summed E-state index contributed by atoms with van der Waals surface area (Å²) in [4.78, 5) is 0. The molecule has 0 aromatic heterocycles.